The van der Waals surface area contributed by atoms with Gasteiger partial charge in [-0.3, -0.25) is 4.90 Å². The summed E-state index contributed by atoms with van der Waals surface area (Å²) in [7, 11) is 1.65. The van der Waals surface area contributed by atoms with E-state index in [1.807, 2.05) is 30.3 Å². The number of hydrogen-bond acceptors (Lipinski definition) is 6. The number of aliphatic hydroxyl groups is 1. The zero-order valence-corrected chi connectivity index (χ0v) is 23.4. The van der Waals surface area contributed by atoms with E-state index in [1.165, 1.54) is 36.0 Å². The predicted molar refractivity (Wildman–Crippen MR) is 156 cm³/mol. The van der Waals surface area contributed by atoms with Crippen LogP contribution in [0.15, 0.2) is 54.6 Å². The van der Waals surface area contributed by atoms with Crippen LogP contribution >= 0.6 is 0 Å². The third kappa shape index (κ3) is 6.88. The highest BCUT2D eigenvalue weighted by atomic mass is 19.1. The number of ether oxygens (including phenoxy) is 2. The van der Waals surface area contributed by atoms with Crippen LogP contribution in [0.5, 0.6) is 17.2 Å². The third-order valence-corrected chi connectivity index (χ3v) is 8.29. The quantitative estimate of drug-likeness (QED) is 0.322. The minimum atomic E-state index is -0.363. The van der Waals surface area contributed by atoms with Crippen LogP contribution in [0.3, 0.4) is 0 Å². The molecular weight excluding hydrogens is 507 g/mol. The largest absolute Gasteiger partial charge is 0.508 e. The van der Waals surface area contributed by atoms with E-state index in [1.54, 1.807) is 25.3 Å². The summed E-state index contributed by atoms with van der Waals surface area (Å²) >= 11 is 0. The van der Waals surface area contributed by atoms with Crippen LogP contribution in [-0.2, 0) is 19.4 Å². The van der Waals surface area contributed by atoms with Crippen molar-refractivity contribution in [3.05, 3.63) is 82.7 Å². The lowest BCUT2D eigenvalue weighted by atomic mass is 9.79. The highest BCUT2D eigenvalue weighted by Crippen LogP contribution is 2.40. The third-order valence-electron chi connectivity index (χ3n) is 8.29. The van der Waals surface area contributed by atoms with E-state index < -0.39 is 0 Å². The molecule has 0 bridgehead atoms. The number of aromatic hydroxyl groups is 1. The van der Waals surface area contributed by atoms with Gasteiger partial charge >= 0.3 is 0 Å². The molecule has 1 aliphatic heterocycles. The molecule has 5 rings (SSSR count). The molecule has 0 spiro atoms. The topological polar surface area (TPSA) is 65.4 Å². The number of aliphatic hydroxyl groups excluding tert-OH is 1. The second-order valence-electron chi connectivity index (χ2n) is 11.0. The van der Waals surface area contributed by atoms with Crippen LogP contribution in [0.4, 0.5) is 10.1 Å². The standard InChI is InChI=1S/C33H41FN2O4/c1-39-29-10-11-30(27-7-6-26-21-28(38)9-8-25(26)20-27)32(22-29)36(15-17-37)23-24-5-12-33(31(34)19-24)40-18-16-35-13-3-2-4-14-35/h5,8-12,19,21-22,27,37-38H,2-4,6-7,13-18,20,23H2,1H3. The van der Waals surface area contributed by atoms with Gasteiger partial charge in [0, 0.05) is 31.4 Å². The summed E-state index contributed by atoms with van der Waals surface area (Å²) in [5.74, 6) is 1.25. The van der Waals surface area contributed by atoms with E-state index in [-0.39, 0.29) is 24.1 Å². The first-order valence-electron chi connectivity index (χ1n) is 14.5. The Kier molecular flexibility index (Phi) is 9.45. The predicted octanol–water partition coefficient (Wildman–Crippen LogP) is 5.68. The lowest BCUT2D eigenvalue weighted by Gasteiger charge is -2.32. The van der Waals surface area contributed by atoms with Crippen molar-refractivity contribution in [1.82, 2.24) is 4.90 Å². The summed E-state index contributed by atoms with van der Waals surface area (Å²) in [6.45, 7) is 4.31. The van der Waals surface area contributed by atoms with E-state index in [0.717, 1.165) is 55.9 Å². The Morgan fingerprint density at radius 1 is 1.00 bits per heavy atom. The average molecular weight is 549 g/mol. The second kappa shape index (κ2) is 13.4. The van der Waals surface area contributed by atoms with E-state index >= 15 is 4.39 Å². The SMILES string of the molecule is COc1ccc(C2CCc3cc(O)ccc3C2)c(N(CCO)Cc2ccc(OCCN3CCCCC3)c(F)c2)c1. The Bertz CT molecular complexity index is 1280. The van der Waals surface area contributed by atoms with Gasteiger partial charge in [-0.1, -0.05) is 24.6 Å². The molecule has 2 N–H and O–H groups in total. The Morgan fingerprint density at radius 3 is 2.62 bits per heavy atom. The maximum Gasteiger partial charge on any atom is 0.165 e. The summed E-state index contributed by atoms with van der Waals surface area (Å²) in [5.41, 5.74) is 5.44. The van der Waals surface area contributed by atoms with Gasteiger partial charge in [0.1, 0.15) is 18.1 Å². The molecule has 1 fully saturated rings. The van der Waals surface area contributed by atoms with Crippen LogP contribution < -0.4 is 14.4 Å². The first-order chi connectivity index (χ1) is 19.5. The van der Waals surface area contributed by atoms with Crippen molar-refractivity contribution in [3.8, 4) is 17.2 Å². The lowest BCUT2D eigenvalue weighted by molar-refractivity contribution is 0.180. The van der Waals surface area contributed by atoms with E-state index in [2.05, 4.69) is 15.9 Å². The van der Waals surface area contributed by atoms with Crippen molar-refractivity contribution in [2.24, 2.45) is 0 Å². The molecule has 6 nitrogen and oxygen atoms in total. The minimum Gasteiger partial charge on any atom is -0.508 e. The lowest BCUT2D eigenvalue weighted by Crippen LogP contribution is -2.33. The van der Waals surface area contributed by atoms with Crippen LogP contribution in [0, 0.1) is 5.82 Å². The van der Waals surface area contributed by atoms with Crippen molar-refractivity contribution >= 4 is 5.69 Å². The number of piperidine rings is 1. The van der Waals surface area contributed by atoms with Crippen LogP contribution in [0.25, 0.3) is 0 Å². The Balaban J connectivity index is 1.32. The summed E-state index contributed by atoms with van der Waals surface area (Å²) in [6, 6.07) is 16.9. The molecule has 0 radical (unpaired) electrons. The molecule has 3 aromatic carbocycles. The molecule has 1 saturated heterocycles. The van der Waals surface area contributed by atoms with Crippen molar-refractivity contribution in [1.29, 1.82) is 0 Å². The van der Waals surface area contributed by atoms with Crippen molar-refractivity contribution < 1.29 is 24.1 Å². The summed E-state index contributed by atoms with van der Waals surface area (Å²) in [6.07, 6.45) is 6.46. The number of benzene rings is 3. The molecule has 214 valence electrons. The van der Waals surface area contributed by atoms with Gasteiger partial charge in [0.25, 0.3) is 0 Å². The number of anilines is 1. The van der Waals surface area contributed by atoms with Gasteiger partial charge in [-0.25, -0.2) is 4.39 Å². The summed E-state index contributed by atoms with van der Waals surface area (Å²) < 4.78 is 26.4. The van der Waals surface area contributed by atoms with Crippen molar-refractivity contribution in [2.45, 2.75) is 51.0 Å². The molecule has 1 unspecified atom stereocenters. The van der Waals surface area contributed by atoms with Gasteiger partial charge in [-0.2, -0.15) is 0 Å². The second-order valence-corrected chi connectivity index (χ2v) is 11.0. The summed E-state index contributed by atoms with van der Waals surface area (Å²) in [4.78, 5) is 4.49. The first-order valence-corrected chi connectivity index (χ1v) is 14.5. The van der Waals surface area contributed by atoms with Crippen molar-refractivity contribution in [3.63, 3.8) is 0 Å². The molecule has 0 aromatic heterocycles. The normalized spacial score (nSPS) is 17.3. The molecule has 1 heterocycles. The molecule has 0 amide bonds. The van der Waals surface area contributed by atoms with E-state index in [0.29, 0.717) is 25.4 Å². The average Bonchev–Trinajstić information content (AvgIpc) is 2.98. The highest BCUT2D eigenvalue weighted by Gasteiger charge is 2.25. The number of likely N-dealkylation sites (tertiary alicyclic amines) is 1. The van der Waals surface area contributed by atoms with E-state index in [9.17, 15) is 10.2 Å². The fourth-order valence-corrected chi connectivity index (χ4v) is 6.13. The van der Waals surface area contributed by atoms with Crippen LogP contribution in [0.1, 0.15) is 53.9 Å². The smallest absolute Gasteiger partial charge is 0.165 e. The maximum absolute atomic E-state index is 15.1. The molecule has 1 aliphatic carbocycles. The zero-order chi connectivity index (χ0) is 27.9. The van der Waals surface area contributed by atoms with Crippen LogP contribution in [0.2, 0.25) is 0 Å². The maximum atomic E-state index is 15.1. The molecule has 7 heteroatoms. The van der Waals surface area contributed by atoms with Gasteiger partial charge in [-0.05, 0) is 104 Å². The Hall–Kier alpha value is -3.29. The first kappa shape index (κ1) is 28.2. The molecule has 1 atom stereocenters. The highest BCUT2D eigenvalue weighted by molar-refractivity contribution is 5.60. The number of phenolic OH excluding ortho intramolecular Hbond substituents is 1. The zero-order valence-electron chi connectivity index (χ0n) is 23.4. The summed E-state index contributed by atoms with van der Waals surface area (Å²) in [5, 5.41) is 19.9. The molecular formula is C33H41FN2O4. The Morgan fingerprint density at radius 2 is 1.85 bits per heavy atom. The van der Waals surface area contributed by atoms with Gasteiger partial charge < -0.3 is 24.6 Å². The fourth-order valence-electron chi connectivity index (χ4n) is 6.13. The molecule has 0 saturated carbocycles. The number of nitrogens with zero attached hydrogens (tertiary/aromatic N) is 2. The van der Waals surface area contributed by atoms with Gasteiger partial charge in [0.05, 0.1) is 13.7 Å². The minimum absolute atomic E-state index is 0.0242. The molecule has 40 heavy (non-hydrogen) atoms. The van der Waals surface area contributed by atoms with Crippen LogP contribution in [-0.4, -0.2) is 61.6 Å². The van der Waals surface area contributed by atoms with Crippen molar-refractivity contribution in [2.75, 3.05) is 51.4 Å². The molecule has 3 aromatic rings. The number of hydrogen-bond donors (Lipinski definition) is 2. The van der Waals surface area contributed by atoms with Gasteiger partial charge in [-0.15, -0.1) is 0 Å². The van der Waals surface area contributed by atoms with Gasteiger partial charge in [0.2, 0.25) is 0 Å². The van der Waals surface area contributed by atoms with Gasteiger partial charge in [0.15, 0.2) is 11.6 Å². The number of aryl methyl sites for hydroxylation is 1. The fraction of sp³-hybridized carbons (Fsp3) is 0.455. The monoisotopic (exact) mass is 548 g/mol. The number of methoxy groups -OCH3 is 1. The number of rotatable bonds is 11. The number of halogens is 1. The molecule has 2 aliphatic rings. The number of phenols is 1. The number of fused-ring (bicyclic) bond motifs is 1. The van der Waals surface area contributed by atoms with E-state index in [4.69, 9.17) is 9.47 Å². The Labute approximate surface area is 237 Å².